The Morgan fingerprint density at radius 1 is 0.714 bits per heavy atom. The van der Waals surface area contributed by atoms with Gasteiger partial charge in [-0.1, -0.05) is 142 Å². The number of imide groups is 1. The van der Waals surface area contributed by atoms with E-state index < -0.39 is 32.5 Å². The lowest BCUT2D eigenvalue weighted by Gasteiger charge is -2.48. The zero-order valence-electron chi connectivity index (χ0n) is 24.3. The molecule has 0 aliphatic carbocycles. The van der Waals surface area contributed by atoms with Crippen molar-refractivity contribution >= 4 is 30.7 Å². The first kappa shape index (κ1) is 29.4. The Hall–Kier alpha value is -4.04. The molecule has 0 N–H and O–H groups in total. The number of rotatable bonds is 10. The Morgan fingerprint density at radius 2 is 1.17 bits per heavy atom. The van der Waals surface area contributed by atoms with E-state index in [9.17, 15) is 9.59 Å². The number of amides is 2. The van der Waals surface area contributed by atoms with Gasteiger partial charge >= 0.3 is 6.09 Å². The molecule has 7 heteroatoms. The smallest absolute Gasteiger partial charge is 0.417 e. The molecule has 0 radical (unpaired) electrons. The Kier molecular flexibility index (Phi) is 9.02. The summed E-state index contributed by atoms with van der Waals surface area (Å²) in [4.78, 5) is 27.8. The van der Waals surface area contributed by atoms with E-state index in [1.54, 1.807) is 0 Å². The van der Waals surface area contributed by atoms with Crippen molar-refractivity contribution in [3.05, 3.63) is 132 Å². The van der Waals surface area contributed by atoms with Gasteiger partial charge in [0.05, 0.1) is 13.2 Å². The Bertz CT molecular complexity index is 1420. The van der Waals surface area contributed by atoms with E-state index in [0.29, 0.717) is 0 Å². The maximum atomic E-state index is 13.4. The second kappa shape index (κ2) is 12.9. The first-order valence-electron chi connectivity index (χ1n) is 14.3. The fraction of sp³-hybridized carbons (Fsp3) is 0.257. The van der Waals surface area contributed by atoms with E-state index in [2.05, 4.69) is 45.0 Å². The van der Waals surface area contributed by atoms with Gasteiger partial charge in [0.25, 0.3) is 14.2 Å². The number of hydrogen-bond acceptors (Lipinski definition) is 5. The molecule has 0 unspecified atom stereocenters. The van der Waals surface area contributed by atoms with Crippen LogP contribution in [0.1, 0.15) is 31.9 Å². The summed E-state index contributed by atoms with van der Waals surface area (Å²) in [6, 6.07) is 39.0. The van der Waals surface area contributed by atoms with Gasteiger partial charge in [0, 0.05) is 0 Å². The van der Waals surface area contributed by atoms with Crippen LogP contribution < -0.4 is 10.4 Å². The lowest BCUT2D eigenvalue weighted by molar-refractivity contribution is -0.174. The summed E-state index contributed by atoms with van der Waals surface area (Å²) in [6.07, 6.45) is -1.52. The minimum Gasteiger partial charge on any atom is -0.444 e. The topological polar surface area (TPSA) is 65.1 Å². The lowest BCUT2D eigenvalue weighted by Crippen LogP contribution is -2.72. The maximum absolute atomic E-state index is 13.4. The highest BCUT2D eigenvalue weighted by atomic mass is 28.4. The molecule has 4 aromatic rings. The molecule has 1 fully saturated rings. The first-order chi connectivity index (χ1) is 20.3. The van der Waals surface area contributed by atoms with Gasteiger partial charge in [-0.3, -0.25) is 4.79 Å². The third kappa shape index (κ3) is 6.09. The van der Waals surface area contributed by atoms with Crippen LogP contribution in [0.4, 0.5) is 4.79 Å². The number of carbonyl (C=O) groups is 2. The molecule has 2 amide bonds. The summed E-state index contributed by atoms with van der Waals surface area (Å²) in [5, 5.41) is 1.98. The number of carbonyl (C=O) groups excluding carboxylic acids is 2. The number of likely N-dealkylation sites (tertiary alicyclic amines) is 1. The zero-order chi connectivity index (χ0) is 29.6. The first-order valence-corrected chi connectivity index (χ1v) is 16.2. The van der Waals surface area contributed by atoms with Crippen molar-refractivity contribution in [2.75, 3.05) is 6.61 Å². The van der Waals surface area contributed by atoms with Crippen LogP contribution in [0.25, 0.3) is 0 Å². The highest BCUT2D eigenvalue weighted by Gasteiger charge is 2.56. The van der Waals surface area contributed by atoms with Crippen molar-refractivity contribution < 1.29 is 23.5 Å². The molecule has 216 valence electrons. The van der Waals surface area contributed by atoms with E-state index in [0.717, 1.165) is 26.4 Å². The third-order valence-electron chi connectivity index (χ3n) is 7.72. The number of β-lactam (4-membered cyclic amide) rings is 1. The molecule has 0 spiro atoms. The molecular formula is C35H37NO5Si. The van der Waals surface area contributed by atoms with E-state index in [1.807, 2.05) is 97.1 Å². The van der Waals surface area contributed by atoms with Crippen molar-refractivity contribution in [2.45, 2.75) is 51.2 Å². The van der Waals surface area contributed by atoms with Gasteiger partial charge in [-0.2, -0.15) is 0 Å². The van der Waals surface area contributed by atoms with Gasteiger partial charge in [-0.15, -0.1) is 0 Å². The second-order valence-electron chi connectivity index (χ2n) is 11.5. The second-order valence-corrected chi connectivity index (χ2v) is 15.8. The normalized spacial score (nSPS) is 17.0. The molecule has 2 atom stereocenters. The lowest BCUT2D eigenvalue weighted by atomic mass is 9.99. The van der Waals surface area contributed by atoms with E-state index >= 15 is 0 Å². The van der Waals surface area contributed by atoms with Crippen LogP contribution in [-0.4, -0.2) is 44.0 Å². The quantitative estimate of drug-likeness (QED) is 0.178. The minimum atomic E-state index is -2.91. The van der Waals surface area contributed by atoms with E-state index in [-0.39, 0.29) is 24.9 Å². The molecular weight excluding hydrogens is 542 g/mol. The van der Waals surface area contributed by atoms with Gasteiger partial charge in [0.1, 0.15) is 12.6 Å². The van der Waals surface area contributed by atoms with Crippen LogP contribution in [-0.2, 0) is 31.9 Å². The molecule has 1 aliphatic heterocycles. The number of hydrogen-bond donors (Lipinski definition) is 0. The molecule has 0 aromatic heterocycles. The fourth-order valence-electron chi connectivity index (χ4n) is 5.61. The van der Waals surface area contributed by atoms with E-state index in [4.69, 9.17) is 13.9 Å². The Labute approximate surface area is 249 Å². The summed E-state index contributed by atoms with van der Waals surface area (Å²) >= 11 is 0. The standard InChI is InChI=1S/C35H37NO5Si/c1-35(2,3)42(29-20-12-6-13-21-29,30-22-14-7-15-23-30)41-26-31-32(39-24-27-16-8-4-9-17-27)33(37)36(31)34(38)40-25-28-18-10-5-11-19-28/h4-23,31-32H,24-26H2,1-3H3/t31-,32+/m0/s1. The Balaban J connectivity index is 1.44. The van der Waals surface area contributed by atoms with Crippen LogP contribution in [0.15, 0.2) is 121 Å². The predicted octanol–water partition coefficient (Wildman–Crippen LogP) is 5.70. The highest BCUT2D eigenvalue weighted by molar-refractivity contribution is 6.99. The summed E-state index contributed by atoms with van der Waals surface area (Å²) in [5.41, 5.74) is 1.79. The van der Waals surface area contributed by atoms with Crippen LogP contribution in [0, 0.1) is 0 Å². The van der Waals surface area contributed by atoms with Crippen LogP contribution in [0.2, 0.25) is 5.04 Å². The highest BCUT2D eigenvalue weighted by Crippen LogP contribution is 2.38. The Morgan fingerprint density at radius 3 is 1.64 bits per heavy atom. The van der Waals surface area contributed by atoms with Crippen molar-refractivity contribution in [3.63, 3.8) is 0 Å². The molecule has 6 nitrogen and oxygen atoms in total. The van der Waals surface area contributed by atoms with Gasteiger partial charge in [0.2, 0.25) is 0 Å². The molecule has 1 aliphatic rings. The average molecular weight is 580 g/mol. The molecule has 5 rings (SSSR count). The summed E-state index contributed by atoms with van der Waals surface area (Å²) in [5.74, 6) is -0.417. The van der Waals surface area contributed by atoms with Crippen molar-refractivity contribution in [1.29, 1.82) is 0 Å². The summed E-state index contributed by atoms with van der Waals surface area (Å²) < 4.78 is 18.8. The summed E-state index contributed by atoms with van der Waals surface area (Å²) in [6.45, 7) is 7.03. The maximum Gasteiger partial charge on any atom is 0.417 e. The van der Waals surface area contributed by atoms with Crippen LogP contribution in [0.3, 0.4) is 0 Å². The molecule has 4 aromatic carbocycles. The van der Waals surface area contributed by atoms with Gasteiger partial charge in [0.15, 0.2) is 6.10 Å². The van der Waals surface area contributed by atoms with Gasteiger partial charge in [-0.05, 0) is 26.5 Å². The largest absolute Gasteiger partial charge is 0.444 e. The minimum absolute atomic E-state index is 0.0707. The average Bonchev–Trinajstić information content (AvgIpc) is 3.01. The molecule has 1 heterocycles. The number of nitrogens with zero attached hydrogens (tertiary/aromatic N) is 1. The van der Waals surface area contributed by atoms with Gasteiger partial charge < -0.3 is 13.9 Å². The van der Waals surface area contributed by atoms with Crippen LogP contribution in [0.5, 0.6) is 0 Å². The van der Waals surface area contributed by atoms with Crippen molar-refractivity contribution in [1.82, 2.24) is 4.90 Å². The third-order valence-corrected chi connectivity index (χ3v) is 12.7. The van der Waals surface area contributed by atoms with Crippen molar-refractivity contribution in [2.24, 2.45) is 0 Å². The number of benzene rings is 4. The zero-order valence-corrected chi connectivity index (χ0v) is 25.3. The monoisotopic (exact) mass is 579 g/mol. The predicted molar refractivity (Wildman–Crippen MR) is 166 cm³/mol. The summed E-state index contributed by atoms with van der Waals surface area (Å²) in [7, 11) is -2.91. The van der Waals surface area contributed by atoms with E-state index in [1.165, 1.54) is 0 Å². The molecule has 1 saturated heterocycles. The molecule has 42 heavy (non-hydrogen) atoms. The van der Waals surface area contributed by atoms with Crippen molar-refractivity contribution in [3.8, 4) is 0 Å². The molecule has 0 saturated carbocycles. The van der Waals surface area contributed by atoms with Gasteiger partial charge in [-0.25, -0.2) is 9.69 Å². The SMILES string of the molecule is CC(C)(C)[Si](OC[C@H]1[C@@H](OCc2ccccc2)C(=O)N1C(=O)OCc1ccccc1)(c1ccccc1)c1ccccc1. The fourth-order valence-corrected chi connectivity index (χ4v) is 10.2. The molecule has 0 bridgehead atoms. The number of ether oxygens (including phenoxy) is 2. The van der Waals surface area contributed by atoms with Crippen LogP contribution >= 0.6 is 0 Å².